The van der Waals surface area contributed by atoms with Crippen LogP contribution < -0.4 is 10.6 Å². The number of nitrogens with one attached hydrogen (secondary N) is 2. The largest absolute Gasteiger partial charge is 0.326 e. The van der Waals surface area contributed by atoms with Crippen LogP contribution >= 0.6 is 11.3 Å². The predicted molar refractivity (Wildman–Crippen MR) is 94.0 cm³/mol. The molecule has 2 rings (SSSR count). The minimum atomic E-state index is -0.298. The highest BCUT2D eigenvalue weighted by Crippen LogP contribution is 2.24. The number of hydrogen-bond acceptors (Lipinski definition) is 4. The van der Waals surface area contributed by atoms with Gasteiger partial charge < -0.3 is 10.6 Å². The Balaban J connectivity index is 2.02. The van der Waals surface area contributed by atoms with Crippen molar-refractivity contribution in [3.63, 3.8) is 0 Å². The molecule has 1 aromatic heterocycles. The average molecular weight is 331 g/mol. The van der Waals surface area contributed by atoms with E-state index >= 15 is 0 Å². The Kier molecular flexibility index (Phi) is 5.50. The molecular weight excluding hydrogens is 310 g/mol. The van der Waals surface area contributed by atoms with Crippen LogP contribution in [0.15, 0.2) is 29.6 Å². The molecule has 5 nitrogen and oxygen atoms in total. The van der Waals surface area contributed by atoms with Gasteiger partial charge >= 0.3 is 0 Å². The Hall–Kier alpha value is -2.21. The number of benzene rings is 1. The number of carbonyl (C=O) groups excluding carboxylic acids is 2. The number of hydrogen-bond donors (Lipinski definition) is 2. The van der Waals surface area contributed by atoms with Crippen molar-refractivity contribution in [1.29, 1.82) is 0 Å². The summed E-state index contributed by atoms with van der Waals surface area (Å²) in [7, 11) is 0. The molecule has 0 saturated heterocycles. The topological polar surface area (TPSA) is 71.1 Å². The van der Waals surface area contributed by atoms with Crippen molar-refractivity contribution in [2.24, 2.45) is 0 Å². The lowest BCUT2D eigenvalue weighted by atomic mass is 10.0. The summed E-state index contributed by atoms with van der Waals surface area (Å²) in [6, 6.07) is 7.27. The van der Waals surface area contributed by atoms with Gasteiger partial charge in [0, 0.05) is 18.0 Å². The molecule has 0 spiro atoms. The van der Waals surface area contributed by atoms with Gasteiger partial charge in [-0.1, -0.05) is 26.0 Å². The normalized spacial score (nSPS) is 12.0. The smallest absolute Gasteiger partial charge is 0.233 e. The molecule has 1 aromatic carbocycles. The zero-order valence-corrected chi connectivity index (χ0v) is 14.5. The third-order valence-corrected chi connectivity index (χ3v) is 4.24. The third-order valence-electron chi connectivity index (χ3n) is 3.47. The number of carbonyl (C=O) groups is 2. The summed E-state index contributed by atoms with van der Waals surface area (Å²) < 4.78 is 0. The summed E-state index contributed by atoms with van der Waals surface area (Å²) >= 11 is 1.44. The van der Waals surface area contributed by atoms with E-state index in [1.54, 1.807) is 12.1 Å². The molecule has 0 aliphatic carbocycles. The van der Waals surface area contributed by atoms with Gasteiger partial charge in [-0.2, -0.15) is 0 Å². The number of nitrogens with zero attached hydrogens (tertiary/aromatic N) is 1. The van der Waals surface area contributed by atoms with Gasteiger partial charge in [0.05, 0.1) is 11.6 Å². The lowest BCUT2D eigenvalue weighted by Gasteiger charge is -2.12. The van der Waals surface area contributed by atoms with E-state index in [-0.39, 0.29) is 17.7 Å². The van der Waals surface area contributed by atoms with Crippen molar-refractivity contribution >= 4 is 34.0 Å². The van der Waals surface area contributed by atoms with Gasteiger partial charge in [0.1, 0.15) is 0 Å². The molecule has 2 N–H and O–H groups in total. The Morgan fingerprint density at radius 2 is 1.74 bits per heavy atom. The number of rotatable bonds is 5. The highest BCUT2D eigenvalue weighted by atomic mass is 32.1. The van der Waals surface area contributed by atoms with E-state index in [0.717, 1.165) is 16.9 Å². The van der Waals surface area contributed by atoms with Crippen LogP contribution in [0.3, 0.4) is 0 Å². The SMILES string of the molecule is CC(=O)Nc1ccc([C@@H](C)C(=O)Nc2nc(C(C)C)cs2)cc1. The fourth-order valence-electron chi connectivity index (χ4n) is 2.03. The number of thiazole rings is 1. The number of aromatic nitrogens is 1. The molecule has 0 saturated carbocycles. The molecule has 0 unspecified atom stereocenters. The van der Waals surface area contributed by atoms with Gasteiger partial charge in [0.25, 0.3) is 0 Å². The van der Waals surface area contributed by atoms with Crippen molar-refractivity contribution in [2.45, 2.75) is 39.5 Å². The Morgan fingerprint density at radius 1 is 1.09 bits per heavy atom. The van der Waals surface area contributed by atoms with Gasteiger partial charge in [0.15, 0.2) is 5.13 Å². The van der Waals surface area contributed by atoms with Gasteiger partial charge in [-0.25, -0.2) is 4.98 Å². The average Bonchev–Trinajstić information content (AvgIpc) is 2.95. The molecule has 2 aromatic rings. The molecule has 2 amide bonds. The monoisotopic (exact) mass is 331 g/mol. The molecule has 122 valence electrons. The summed E-state index contributed by atoms with van der Waals surface area (Å²) in [4.78, 5) is 27.8. The van der Waals surface area contributed by atoms with Crippen LogP contribution in [0.2, 0.25) is 0 Å². The zero-order valence-electron chi connectivity index (χ0n) is 13.7. The fraction of sp³-hybridized carbons (Fsp3) is 0.353. The summed E-state index contributed by atoms with van der Waals surface area (Å²) in [6.45, 7) is 7.45. The van der Waals surface area contributed by atoms with Gasteiger partial charge in [-0.05, 0) is 30.5 Å². The molecule has 6 heteroatoms. The standard InChI is InChI=1S/C17H21N3O2S/c1-10(2)15-9-23-17(19-15)20-16(22)11(3)13-5-7-14(8-6-13)18-12(4)21/h5-11H,1-4H3,(H,18,21)(H,19,20,22)/t11-/m1/s1. The van der Waals surface area contributed by atoms with E-state index in [1.807, 2.05) is 24.4 Å². The molecule has 0 aliphatic rings. The van der Waals surface area contributed by atoms with Crippen LogP contribution in [0.25, 0.3) is 0 Å². The highest BCUT2D eigenvalue weighted by molar-refractivity contribution is 7.13. The first kappa shape index (κ1) is 17.1. The summed E-state index contributed by atoms with van der Waals surface area (Å²) in [6.07, 6.45) is 0. The second-order valence-electron chi connectivity index (χ2n) is 5.75. The number of amides is 2. The summed E-state index contributed by atoms with van der Waals surface area (Å²) in [5, 5.41) is 8.16. The third kappa shape index (κ3) is 4.63. The minimum Gasteiger partial charge on any atom is -0.326 e. The van der Waals surface area contributed by atoms with E-state index in [0.29, 0.717) is 11.0 Å². The maximum Gasteiger partial charge on any atom is 0.233 e. The van der Waals surface area contributed by atoms with Crippen LogP contribution in [0, 0.1) is 0 Å². The molecule has 1 atom stereocenters. The quantitative estimate of drug-likeness (QED) is 0.871. The van der Waals surface area contributed by atoms with Crippen molar-refractivity contribution in [3.05, 3.63) is 40.9 Å². The molecule has 1 heterocycles. The zero-order chi connectivity index (χ0) is 17.0. The summed E-state index contributed by atoms with van der Waals surface area (Å²) in [5.74, 6) is -0.168. The molecule has 23 heavy (non-hydrogen) atoms. The first-order chi connectivity index (χ1) is 10.9. The lowest BCUT2D eigenvalue weighted by Crippen LogP contribution is -2.18. The minimum absolute atomic E-state index is 0.0954. The Morgan fingerprint density at radius 3 is 2.26 bits per heavy atom. The Bertz CT molecular complexity index is 692. The first-order valence-electron chi connectivity index (χ1n) is 7.50. The molecule has 0 fully saturated rings. The highest BCUT2D eigenvalue weighted by Gasteiger charge is 2.17. The van der Waals surface area contributed by atoms with Crippen LogP contribution in [0.5, 0.6) is 0 Å². The van der Waals surface area contributed by atoms with E-state index in [1.165, 1.54) is 18.3 Å². The fourth-order valence-corrected chi connectivity index (χ4v) is 2.91. The van der Waals surface area contributed by atoms with Crippen molar-refractivity contribution in [1.82, 2.24) is 4.98 Å². The molecule has 0 aliphatic heterocycles. The van der Waals surface area contributed by atoms with E-state index in [9.17, 15) is 9.59 Å². The van der Waals surface area contributed by atoms with Gasteiger partial charge in [-0.15, -0.1) is 11.3 Å². The molecule has 0 radical (unpaired) electrons. The maximum absolute atomic E-state index is 12.3. The van der Waals surface area contributed by atoms with E-state index in [2.05, 4.69) is 29.5 Å². The van der Waals surface area contributed by atoms with Gasteiger partial charge in [-0.3, -0.25) is 9.59 Å². The molecule has 0 bridgehead atoms. The molecular formula is C17H21N3O2S. The van der Waals surface area contributed by atoms with Crippen molar-refractivity contribution < 1.29 is 9.59 Å². The first-order valence-corrected chi connectivity index (χ1v) is 8.38. The second kappa shape index (κ2) is 7.37. The number of anilines is 2. The maximum atomic E-state index is 12.3. The van der Waals surface area contributed by atoms with Crippen LogP contribution in [0.4, 0.5) is 10.8 Å². The Labute approximate surface area is 140 Å². The van der Waals surface area contributed by atoms with Crippen LogP contribution in [-0.4, -0.2) is 16.8 Å². The van der Waals surface area contributed by atoms with Crippen LogP contribution in [-0.2, 0) is 9.59 Å². The van der Waals surface area contributed by atoms with Crippen LogP contribution in [0.1, 0.15) is 50.8 Å². The van der Waals surface area contributed by atoms with Gasteiger partial charge in [0.2, 0.25) is 11.8 Å². The van der Waals surface area contributed by atoms with E-state index in [4.69, 9.17) is 0 Å². The predicted octanol–water partition coefficient (Wildman–Crippen LogP) is 3.97. The van der Waals surface area contributed by atoms with E-state index < -0.39 is 0 Å². The van der Waals surface area contributed by atoms with Crippen molar-refractivity contribution in [3.8, 4) is 0 Å². The lowest BCUT2D eigenvalue weighted by molar-refractivity contribution is -0.117. The summed E-state index contributed by atoms with van der Waals surface area (Å²) in [5.41, 5.74) is 2.59. The second-order valence-corrected chi connectivity index (χ2v) is 6.60. The van der Waals surface area contributed by atoms with Crippen molar-refractivity contribution in [2.75, 3.05) is 10.6 Å².